The lowest BCUT2D eigenvalue weighted by molar-refractivity contribution is 0.410. The molecule has 106 valence electrons. The van der Waals surface area contributed by atoms with Crippen LogP contribution in [0.1, 0.15) is 37.9 Å². The second kappa shape index (κ2) is 5.49. The minimum absolute atomic E-state index is 0.0490. The quantitative estimate of drug-likeness (QED) is 0.932. The molecule has 0 aliphatic heterocycles. The number of rotatable bonds is 3. The van der Waals surface area contributed by atoms with Crippen molar-refractivity contribution in [3.05, 3.63) is 47.4 Å². The van der Waals surface area contributed by atoms with Crippen molar-refractivity contribution in [1.29, 1.82) is 0 Å². The molecule has 1 aromatic heterocycles. The van der Waals surface area contributed by atoms with Gasteiger partial charge in [-0.15, -0.1) is 0 Å². The van der Waals surface area contributed by atoms with Gasteiger partial charge in [-0.25, -0.2) is 9.97 Å². The number of benzene rings is 1. The van der Waals surface area contributed by atoms with Gasteiger partial charge in [0, 0.05) is 23.5 Å². The van der Waals surface area contributed by atoms with E-state index in [1.165, 1.54) is 0 Å². The van der Waals surface area contributed by atoms with Gasteiger partial charge in [0.25, 0.3) is 0 Å². The first kappa shape index (κ1) is 14.3. The van der Waals surface area contributed by atoms with E-state index in [-0.39, 0.29) is 5.41 Å². The number of methoxy groups -OCH3 is 1. The number of ether oxygens (including phenoxy) is 1. The number of nitrogen functional groups attached to an aromatic ring is 1. The van der Waals surface area contributed by atoms with Crippen molar-refractivity contribution in [2.45, 2.75) is 32.6 Å². The van der Waals surface area contributed by atoms with Crippen LogP contribution in [0.25, 0.3) is 0 Å². The minimum Gasteiger partial charge on any atom is -0.496 e. The summed E-state index contributed by atoms with van der Waals surface area (Å²) >= 11 is 0. The molecule has 0 aliphatic rings. The lowest BCUT2D eigenvalue weighted by atomic mass is 9.92. The Balaban J connectivity index is 2.36. The van der Waals surface area contributed by atoms with Crippen LogP contribution in [-0.2, 0) is 11.8 Å². The van der Waals surface area contributed by atoms with Crippen molar-refractivity contribution in [3.8, 4) is 5.75 Å². The summed E-state index contributed by atoms with van der Waals surface area (Å²) in [5.74, 6) is 2.07. The van der Waals surface area contributed by atoms with Gasteiger partial charge >= 0.3 is 0 Å². The number of aromatic nitrogens is 2. The van der Waals surface area contributed by atoms with Gasteiger partial charge < -0.3 is 10.5 Å². The highest BCUT2D eigenvalue weighted by molar-refractivity contribution is 5.38. The maximum atomic E-state index is 5.90. The fourth-order valence-corrected chi connectivity index (χ4v) is 2.00. The van der Waals surface area contributed by atoms with E-state index in [2.05, 4.69) is 30.7 Å². The van der Waals surface area contributed by atoms with E-state index in [0.717, 1.165) is 22.8 Å². The molecule has 4 heteroatoms. The molecule has 0 bridgehead atoms. The molecule has 1 aromatic carbocycles. The summed E-state index contributed by atoms with van der Waals surface area (Å²) in [6.07, 6.45) is 0.609. The topological polar surface area (TPSA) is 61.0 Å². The Morgan fingerprint density at radius 3 is 2.50 bits per heavy atom. The first-order valence-corrected chi connectivity index (χ1v) is 6.66. The van der Waals surface area contributed by atoms with Gasteiger partial charge in [-0.05, 0) is 6.07 Å². The fourth-order valence-electron chi connectivity index (χ4n) is 2.00. The molecule has 0 amide bonds. The van der Waals surface area contributed by atoms with Crippen molar-refractivity contribution in [2.75, 3.05) is 12.8 Å². The van der Waals surface area contributed by atoms with Crippen molar-refractivity contribution < 1.29 is 4.74 Å². The zero-order chi connectivity index (χ0) is 14.8. The van der Waals surface area contributed by atoms with E-state index >= 15 is 0 Å². The molecule has 2 aromatic rings. The molecule has 0 radical (unpaired) electrons. The third-order valence-electron chi connectivity index (χ3n) is 3.10. The number of nitrogens with zero attached hydrogens (tertiary/aromatic N) is 2. The Morgan fingerprint density at radius 2 is 1.85 bits per heavy atom. The molecular weight excluding hydrogens is 250 g/mol. The number of hydrogen-bond donors (Lipinski definition) is 1. The van der Waals surface area contributed by atoms with Gasteiger partial charge in [0.2, 0.25) is 0 Å². The molecule has 1 heterocycles. The summed E-state index contributed by atoms with van der Waals surface area (Å²) in [4.78, 5) is 8.96. The highest BCUT2D eigenvalue weighted by atomic mass is 16.5. The number of hydrogen-bond acceptors (Lipinski definition) is 4. The summed E-state index contributed by atoms with van der Waals surface area (Å²) in [6.45, 7) is 6.34. The van der Waals surface area contributed by atoms with Gasteiger partial charge in [-0.3, -0.25) is 0 Å². The van der Waals surface area contributed by atoms with Crippen LogP contribution in [0.4, 0.5) is 5.82 Å². The van der Waals surface area contributed by atoms with Crippen molar-refractivity contribution >= 4 is 5.82 Å². The Hall–Kier alpha value is -2.10. The maximum absolute atomic E-state index is 5.90. The normalized spacial score (nSPS) is 11.4. The van der Waals surface area contributed by atoms with E-state index in [0.29, 0.717) is 12.2 Å². The Kier molecular flexibility index (Phi) is 3.93. The Labute approximate surface area is 120 Å². The summed E-state index contributed by atoms with van der Waals surface area (Å²) in [6, 6.07) is 9.72. The minimum atomic E-state index is -0.0490. The largest absolute Gasteiger partial charge is 0.496 e. The van der Waals surface area contributed by atoms with Crippen LogP contribution in [-0.4, -0.2) is 17.1 Å². The van der Waals surface area contributed by atoms with Crippen LogP contribution in [0.3, 0.4) is 0 Å². The number of nitrogens with two attached hydrogens (primary N) is 1. The predicted octanol–water partition coefficient (Wildman–Crippen LogP) is 2.96. The molecule has 20 heavy (non-hydrogen) atoms. The first-order chi connectivity index (χ1) is 9.40. The van der Waals surface area contributed by atoms with Crippen LogP contribution in [0.2, 0.25) is 0 Å². The fraction of sp³-hybridized carbons (Fsp3) is 0.375. The van der Waals surface area contributed by atoms with Crippen LogP contribution < -0.4 is 10.5 Å². The Bertz CT molecular complexity index is 603. The average molecular weight is 271 g/mol. The summed E-state index contributed by atoms with van der Waals surface area (Å²) in [5, 5.41) is 0. The van der Waals surface area contributed by atoms with Gasteiger partial charge in [0.1, 0.15) is 17.4 Å². The molecule has 0 unspecified atom stereocenters. The predicted molar refractivity (Wildman–Crippen MR) is 80.9 cm³/mol. The molecule has 0 saturated heterocycles. The second-order valence-electron chi connectivity index (χ2n) is 5.83. The van der Waals surface area contributed by atoms with E-state index in [1.807, 2.05) is 30.3 Å². The Morgan fingerprint density at radius 1 is 1.15 bits per heavy atom. The summed E-state index contributed by atoms with van der Waals surface area (Å²) in [7, 11) is 1.67. The molecule has 0 atom stereocenters. The van der Waals surface area contributed by atoms with Gasteiger partial charge in [0.15, 0.2) is 0 Å². The average Bonchev–Trinajstić information content (AvgIpc) is 2.37. The van der Waals surface area contributed by atoms with Crippen LogP contribution in [0, 0.1) is 0 Å². The molecule has 0 saturated carbocycles. The lowest BCUT2D eigenvalue weighted by Gasteiger charge is -2.19. The highest BCUT2D eigenvalue weighted by Crippen LogP contribution is 2.24. The second-order valence-corrected chi connectivity index (χ2v) is 5.83. The lowest BCUT2D eigenvalue weighted by Crippen LogP contribution is -2.16. The monoisotopic (exact) mass is 271 g/mol. The molecular formula is C16H21N3O. The van der Waals surface area contributed by atoms with Crippen molar-refractivity contribution in [1.82, 2.24) is 9.97 Å². The molecule has 2 N–H and O–H groups in total. The van der Waals surface area contributed by atoms with Crippen LogP contribution >= 0.6 is 0 Å². The van der Waals surface area contributed by atoms with Gasteiger partial charge in [0.05, 0.1) is 12.8 Å². The van der Waals surface area contributed by atoms with Crippen LogP contribution in [0.5, 0.6) is 5.75 Å². The van der Waals surface area contributed by atoms with Crippen LogP contribution in [0.15, 0.2) is 30.3 Å². The molecule has 0 aliphatic carbocycles. The van der Waals surface area contributed by atoms with E-state index < -0.39 is 0 Å². The maximum Gasteiger partial charge on any atom is 0.135 e. The van der Waals surface area contributed by atoms with Gasteiger partial charge in [-0.1, -0.05) is 39.0 Å². The number of anilines is 1. The van der Waals surface area contributed by atoms with Crippen molar-refractivity contribution in [2.24, 2.45) is 0 Å². The van der Waals surface area contributed by atoms with Gasteiger partial charge in [-0.2, -0.15) is 0 Å². The molecule has 0 fully saturated rings. The summed E-state index contributed by atoms with van der Waals surface area (Å²) in [5.41, 5.74) is 7.86. The number of para-hydroxylation sites is 1. The third-order valence-corrected chi connectivity index (χ3v) is 3.10. The zero-order valence-corrected chi connectivity index (χ0v) is 12.5. The highest BCUT2D eigenvalue weighted by Gasteiger charge is 2.18. The summed E-state index contributed by atoms with van der Waals surface area (Å²) < 4.78 is 5.36. The smallest absolute Gasteiger partial charge is 0.135 e. The zero-order valence-electron chi connectivity index (χ0n) is 12.5. The standard InChI is InChI=1S/C16H21N3O/c1-16(2,3)13-10-14(17)19-15(18-13)9-11-7-5-6-8-12(11)20-4/h5-8,10H,9H2,1-4H3,(H2,17,18,19). The van der Waals surface area contributed by atoms with E-state index in [9.17, 15) is 0 Å². The molecule has 2 rings (SSSR count). The van der Waals surface area contributed by atoms with E-state index in [4.69, 9.17) is 10.5 Å². The molecule has 4 nitrogen and oxygen atoms in total. The molecule has 0 spiro atoms. The first-order valence-electron chi connectivity index (χ1n) is 6.66. The third kappa shape index (κ3) is 3.26. The van der Waals surface area contributed by atoms with Crippen molar-refractivity contribution in [3.63, 3.8) is 0 Å². The SMILES string of the molecule is COc1ccccc1Cc1nc(N)cc(C(C)(C)C)n1. The van der Waals surface area contributed by atoms with E-state index in [1.54, 1.807) is 7.11 Å².